The smallest absolute Gasteiger partial charge is 0.407 e. The van der Waals surface area contributed by atoms with Gasteiger partial charge < -0.3 is 40.3 Å². The number of likely N-dealkylation sites (N-methyl/N-ethyl adjacent to an activating group) is 2. The zero-order chi connectivity index (χ0) is 41.4. The highest BCUT2D eigenvalue weighted by Gasteiger charge is 2.36. The quantitative estimate of drug-likeness (QED) is 0.0760. The highest BCUT2D eigenvalue weighted by molar-refractivity contribution is 5.87. The topological polar surface area (TPSA) is 215 Å². The van der Waals surface area contributed by atoms with Crippen LogP contribution >= 0.6 is 0 Å². The number of carboxylic acid groups (broad SMARTS) is 2. The van der Waals surface area contributed by atoms with Gasteiger partial charge in [-0.25, -0.2) is 19.6 Å². The molecule has 0 fully saturated rings. The third-order valence-corrected chi connectivity index (χ3v) is 10.0. The highest BCUT2D eigenvalue weighted by atomic mass is 16.5. The van der Waals surface area contributed by atoms with Crippen LogP contribution in [-0.4, -0.2) is 117 Å². The number of amides is 4. The van der Waals surface area contributed by atoms with E-state index in [-0.39, 0.29) is 11.8 Å². The third-order valence-electron chi connectivity index (χ3n) is 10.0. The molecule has 56 heavy (non-hydrogen) atoms. The van der Waals surface area contributed by atoms with Gasteiger partial charge in [-0.2, -0.15) is 0 Å². The van der Waals surface area contributed by atoms with Crippen LogP contribution < -0.4 is 10.6 Å². The molecular weight excluding hydrogens is 720 g/mol. The number of carbonyl (C=O) groups is 4. The van der Waals surface area contributed by atoms with Gasteiger partial charge in [0, 0.05) is 51.8 Å². The summed E-state index contributed by atoms with van der Waals surface area (Å²) in [7, 11) is 5.54. The molecule has 0 aliphatic heterocycles. The average molecular weight is 775 g/mol. The van der Waals surface area contributed by atoms with Crippen LogP contribution in [0.25, 0.3) is 33.6 Å². The molecule has 0 spiro atoms. The first kappa shape index (κ1) is 43.0. The van der Waals surface area contributed by atoms with Crippen molar-refractivity contribution in [2.24, 2.45) is 11.8 Å². The number of methoxy groups -OCH3 is 2. The Labute approximate surface area is 327 Å². The van der Waals surface area contributed by atoms with Crippen LogP contribution in [0.2, 0.25) is 0 Å². The van der Waals surface area contributed by atoms with Crippen molar-refractivity contribution in [1.29, 1.82) is 0 Å². The number of aromatic amines is 2. The number of H-pyrrole nitrogens is 2. The minimum Gasteiger partial charge on any atom is -0.465 e. The Bertz CT molecular complexity index is 1800. The number of nitrogens with one attached hydrogen (secondary N) is 4. The summed E-state index contributed by atoms with van der Waals surface area (Å²) in [5.41, 5.74) is 5.09. The predicted octanol–water partition coefficient (Wildman–Crippen LogP) is 5.79. The Kier molecular flexibility index (Phi) is 14.4. The molecule has 0 saturated carbocycles. The first-order valence-electron chi connectivity index (χ1n) is 18.4. The molecule has 0 aliphatic rings. The maximum absolute atomic E-state index is 13.3. The summed E-state index contributed by atoms with van der Waals surface area (Å²) < 4.78 is 10.6. The first-order valence-corrected chi connectivity index (χ1v) is 18.4. The van der Waals surface area contributed by atoms with Gasteiger partial charge in [-0.05, 0) is 36.8 Å². The molecule has 0 saturated heterocycles. The second kappa shape index (κ2) is 18.7. The van der Waals surface area contributed by atoms with Crippen LogP contribution in [-0.2, 0) is 19.1 Å². The van der Waals surface area contributed by atoms with E-state index in [2.05, 4.69) is 20.6 Å². The van der Waals surface area contributed by atoms with Gasteiger partial charge in [0.2, 0.25) is 11.8 Å². The van der Waals surface area contributed by atoms with Gasteiger partial charge in [0.05, 0.1) is 35.7 Å². The summed E-state index contributed by atoms with van der Waals surface area (Å²) in [5, 5.41) is 25.0. The third kappa shape index (κ3) is 9.92. The lowest BCUT2D eigenvalue weighted by molar-refractivity contribution is -0.131. The van der Waals surface area contributed by atoms with Crippen LogP contribution in [0.4, 0.5) is 9.59 Å². The van der Waals surface area contributed by atoms with Gasteiger partial charge in [0.1, 0.15) is 23.7 Å². The molecular formula is C40H54N8O8. The molecule has 16 nitrogen and oxygen atoms in total. The Morgan fingerprint density at radius 2 is 0.893 bits per heavy atom. The minimum atomic E-state index is -1.24. The zero-order valence-corrected chi connectivity index (χ0v) is 33.5. The maximum atomic E-state index is 13.3. The monoisotopic (exact) mass is 774 g/mol. The van der Waals surface area contributed by atoms with Crippen molar-refractivity contribution in [3.63, 3.8) is 0 Å². The average Bonchev–Trinajstić information content (AvgIpc) is 3.87. The van der Waals surface area contributed by atoms with E-state index in [9.17, 15) is 29.4 Å². The van der Waals surface area contributed by atoms with Crippen LogP contribution in [0, 0.1) is 11.8 Å². The molecule has 0 aliphatic carbocycles. The molecule has 0 bridgehead atoms. The lowest BCUT2D eigenvalue weighted by Crippen LogP contribution is -2.54. The van der Waals surface area contributed by atoms with Crippen LogP contribution in [0.5, 0.6) is 0 Å². The van der Waals surface area contributed by atoms with E-state index in [1.54, 1.807) is 26.2 Å². The molecule has 6 N–H and O–H groups in total. The Morgan fingerprint density at radius 3 is 1.16 bits per heavy atom. The van der Waals surface area contributed by atoms with E-state index in [1.165, 1.54) is 28.3 Å². The molecule has 4 rings (SSSR count). The number of carbonyl (C=O) groups excluding carboxylic acids is 2. The fourth-order valence-corrected chi connectivity index (χ4v) is 6.44. The predicted molar refractivity (Wildman–Crippen MR) is 211 cm³/mol. The van der Waals surface area contributed by atoms with Crippen molar-refractivity contribution < 1.29 is 38.9 Å². The molecule has 0 radical (unpaired) electrons. The molecule has 2 aromatic heterocycles. The Hall–Kier alpha value is -5.74. The Morgan fingerprint density at radius 1 is 0.589 bits per heavy atom. The van der Waals surface area contributed by atoms with Gasteiger partial charge in [-0.1, -0.05) is 76.2 Å². The van der Waals surface area contributed by atoms with Gasteiger partial charge in [-0.3, -0.25) is 19.4 Å². The zero-order valence-electron chi connectivity index (χ0n) is 33.5. The fraction of sp³-hybridized carbons (Fsp3) is 0.450. The van der Waals surface area contributed by atoms with Crippen molar-refractivity contribution in [3.05, 3.63) is 72.6 Å². The molecule has 2 heterocycles. The normalized spacial score (nSPS) is 14.7. The summed E-state index contributed by atoms with van der Waals surface area (Å²) in [6.45, 7) is 11.1. The molecule has 4 aromatic rings. The number of hydrogen-bond acceptors (Lipinski definition) is 8. The standard InChI is InChI=1S/C40H54N8O8/c1-21(2)31(45-37(49)33(23(5)55-9)47(7)39(51)52)35-41-19-29(43-35)27-15-11-25(12-16-27)26-13-17-28(18-14-26)30-20-42-36(44-30)32(22(3)4)46-38(50)34(24(6)56-10)48(8)40(53)54/h11-24,31-34H,1-10H3,(H,41,43)(H,42,44)(H,45,49)(H,46,50)(H,51,52)(H,53,54)/t23-,24-,31-,32-,33+,34+/m1/s1. The maximum Gasteiger partial charge on any atom is 0.407 e. The van der Waals surface area contributed by atoms with E-state index in [1.807, 2.05) is 76.2 Å². The largest absolute Gasteiger partial charge is 0.465 e. The van der Waals surface area contributed by atoms with E-state index in [0.29, 0.717) is 23.0 Å². The van der Waals surface area contributed by atoms with E-state index in [0.717, 1.165) is 32.1 Å². The van der Waals surface area contributed by atoms with Crippen molar-refractivity contribution in [1.82, 2.24) is 40.4 Å². The van der Waals surface area contributed by atoms with Gasteiger partial charge >= 0.3 is 12.2 Å². The first-order chi connectivity index (χ1) is 26.5. The molecule has 4 amide bonds. The van der Waals surface area contributed by atoms with Crippen molar-refractivity contribution >= 4 is 24.0 Å². The van der Waals surface area contributed by atoms with Crippen LogP contribution in [0.1, 0.15) is 65.3 Å². The summed E-state index contributed by atoms with van der Waals surface area (Å²) in [6, 6.07) is 12.8. The molecule has 2 aromatic carbocycles. The molecule has 0 unspecified atom stereocenters. The number of benzene rings is 2. The summed E-state index contributed by atoms with van der Waals surface area (Å²) >= 11 is 0. The van der Waals surface area contributed by atoms with Crippen molar-refractivity contribution in [2.45, 2.75) is 77.9 Å². The Balaban J connectivity index is 1.47. The molecule has 302 valence electrons. The number of imidazole rings is 2. The fourth-order valence-electron chi connectivity index (χ4n) is 6.44. The van der Waals surface area contributed by atoms with Crippen LogP contribution in [0.15, 0.2) is 60.9 Å². The van der Waals surface area contributed by atoms with Crippen molar-refractivity contribution in [3.8, 4) is 33.6 Å². The number of nitrogens with zero attached hydrogens (tertiary/aromatic N) is 4. The minimum absolute atomic E-state index is 0.0574. The van der Waals surface area contributed by atoms with Crippen molar-refractivity contribution in [2.75, 3.05) is 28.3 Å². The molecule has 6 atom stereocenters. The second-order valence-corrected chi connectivity index (χ2v) is 14.5. The highest BCUT2D eigenvalue weighted by Crippen LogP contribution is 2.29. The van der Waals surface area contributed by atoms with E-state index < -0.39 is 60.4 Å². The SMILES string of the molecule is CO[C@H](C)[C@@H](C(=O)N[C@@H](c1nc(-c2ccc(-c3ccc(-c4c[nH]c([C@H](NC(=O)[C@H]([C@@H](C)OC)N(C)C(=O)O)C(C)C)n4)cc3)cc2)c[nH]1)C(C)C)N(C)C(=O)O. The van der Waals surface area contributed by atoms with Gasteiger partial charge in [0.25, 0.3) is 0 Å². The number of rotatable bonds is 17. The number of hydrogen-bond donors (Lipinski definition) is 6. The van der Waals surface area contributed by atoms with Gasteiger partial charge in [0.15, 0.2) is 0 Å². The summed E-state index contributed by atoms with van der Waals surface area (Å²) in [4.78, 5) is 67.8. The second-order valence-electron chi connectivity index (χ2n) is 14.5. The van der Waals surface area contributed by atoms with E-state index >= 15 is 0 Å². The van der Waals surface area contributed by atoms with Gasteiger partial charge in [-0.15, -0.1) is 0 Å². The van der Waals surface area contributed by atoms with E-state index in [4.69, 9.17) is 19.4 Å². The summed E-state index contributed by atoms with van der Waals surface area (Å²) in [5.74, 6) is 0.00670. The summed E-state index contributed by atoms with van der Waals surface area (Å²) in [6.07, 6.45) is -0.265. The lowest BCUT2D eigenvalue weighted by Gasteiger charge is -2.31. The lowest BCUT2D eigenvalue weighted by atomic mass is 10.0. The van der Waals surface area contributed by atoms with Crippen LogP contribution in [0.3, 0.4) is 0 Å². The molecule has 16 heteroatoms. The number of ether oxygens (including phenoxy) is 2. The number of aromatic nitrogens is 4.